The monoisotopic (exact) mass is 445 g/mol. The summed E-state index contributed by atoms with van der Waals surface area (Å²) in [6, 6.07) is 5.37. The lowest BCUT2D eigenvalue weighted by Crippen LogP contribution is -2.39. The second-order valence-corrected chi connectivity index (χ2v) is 9.60. The molecule has 2 N–H and O–H groups in total. The van der Waals surface area contributed by atoms with Gasteiger partial charge in [0.2, 0.25) is 10.0 Å². The number of nitrogens with zero attached hydrogens (tertiary/aromatic N) is 2. The molecule has 30 heavy (non-hydrogen) atoms. The topological polar surface area (TPSA) is 108 Å². The molecule has 0 aliphatic heterocycles. The summed E-state index contributed by atoms with van der Waals surface area (Å²) in [6.45, 7) is 8.43. The van der Waals surface area contributed by atoms with Gasteiger partial charge in [0.25, 0.3) is 0 Å². The Morgan fingerprint density at radius 1 is 1.10 bits per heavy atom. The molecule has 2 amide bonds. The molecule has 9 nitrogen and oxygen atoms in total. The molecule has 172 valence electrons. The Morgan fingerprint density at radius 3 is 2.23 bits per heavy atom. The number of likely N-dealkylation sites (N-methyl/N-ethyl adjacent to an activating group) is 1. The van der Waals surface area contributed by atoms with Gasteiger partial charge in [-0.25, -0.2) is 13.2 Å². The Morgan fingerprint density at radius 2 is 1.70 bits per heavy atom. The zero-order chi connectivity index (χ0) is 22.9. The van der Waals surface area contributed by atoms with Gasteiger partial charge in [-0.15, -0.1) is 0 Å². The first kappa shape index (κ1) is 26.3. The number of urea groups is 1. The fraction of sp³-hybridized carbons (Fsp3) is 0.650. The molecule has 1 rings (SSSR count). The van der Waals surface area contributed by atoms with Gasteiger partial charge in [-0.1, -0.05) is 0 Å². The van der Waals surface area contributed by atoms with Crippen molar-refractivity contribution < 1.29 is 27.8 Å². The largest absolute Gasteiger partial charge is 0.389 e. The average Bonchev–Trinajstić information content (AvgIpc) is 2.67. The number of rotatable bonds is 12. The minimum atomic E-state index is -3.58. The molecule has 0 saturated heterocycles. The lowest BCUT2D eigenvalue weighted by Gasteiger charge is -2.22. The van der Waals surface area contributed by atoms with Gasteiger partial charge in [0.05, 0.1) is 43.5 Å². The van der Waals surface area contributed by atoms with E-state index in [1.165, 1.54) is 40.5 Å². The van der Waals surface area contributed by atoms with E-state index in [1.807, 2.05) is 13.8 Å². The van der Waals surface area contributed by atoms with E-state index in [1.54, 1.807) is 20.9 Å². The predicted octanol–water partition coefficient (Wildman–Crippen LogP) is 1.98. The molecule has 1 unspecified atom stereocenters. The highest BCUT2D eigenvalue weighted by molar-refractivity contribution is 7.89. The van der Waals surface area contributed by atoms with Crippen LogP contribution in [0.5, 0.6) is 0 Å². The Labute approximate surface area is 180 Å². The van der Waals surface area contributed by atoms with Crippen molar-refractivity contribution in [2.75, 3.05) is 45.8 Å². The summed E-state index contributed by atoms with van der Waals surface area (Å²) in [4.78, 5) is 13.8. The van der Waals surface area contributed by atoms with Gasteiger partial charge in [-0.05, 0) is 52.0 Å². The Kier molecular flexibility index (Phi) is 10.7. The molecule has 0 aliphatic carbocycles. The molecule has 0 aliphatic rings. The molecule has 0 aromatic heterocycles. The van der Waals surface area contributed by atoms with E-state index >= 15 is 0 Å². The number of sulfonamides is 1. The molecule has 1 aromatic carbocycles. The Balaban J connectivity index is 2.52. The van der Waals surface area contributed by atoms with Gasteiger partial charge in [0.15, 0.2) is 0 Å². The first-order valence-electron chi connectivity index (χ1n) is 9.92. The van der Waals surface area contributed by atoms with Crippen LogP contribution in [0.3, 0.4) is 0 Å². The maximum absolute atomic E-state index is 12.5. The minimum Gasteiger partial charge on any atom is -0.389 e. The van der Waals surface area contributed by atoms with E-state index < -0.39 is 22.2 Å². The number of ether oxygens (including phenoxy) is 2. The van der Waals surface area contributed by atoms with Crippen molar-refractivity contribution in [1.82, 2.24) is 9.21 Å². The zero-order valence-corrected chi connectivity index (χ0v) is 19.5. The number of anilines is 1. The van der Waals surface area contributed by atoms with Crippen molar-refractivity contribution in [3.05, 3.63) is 24.3 Å². The van der Waals surface area contributed by atoms with Gasteiger partial charge in [0.1, 0.15) is 0 Å². The summed E-state index contributed by atoms with van der Waals surface area (Å²) in [5.74, 6) is 0. The van der Waals surface area contributed by atoms with Crippen LogP contribution in [0.4, 0.5) is 10.5 Å². The molecule has 0 fully saturated rings. The summed E-state index contributed by atoms with van der Waals surface area (Å²) in [5, 5.41) is 12.7. The minimum absolute atomic E-state index is 0.0858. The predicted molar refractivity (Wildman–Crippen MR) is 116 cm³/mol. The third kappa shape index (κ3) is 8.57. The molecular weight excluding hydrogens is 410 g/mol. The Hall–Kier alpha value is -1.72. The number of nitrogens with one attached hydrogen (secondary N) is 1. The Bertz CT molecular complexity index is 752. The number of hydrogen-bond acceptors (Lipinski definition) is 6. The van der Waals surface area contributed by atoms with Gasteiger partial charge in [-0.2, -0.15) is 4.31 Å². The van der Waals surface area contributed by atoms with E-state index in [0.29, 0.717) is 18.9 Å². The molecule has 0 heterocycles. The van der Waals surface area contributed by atoms with E-state index in [-0.39, 0.29) is 30.2 Å². The van der Waals surface area contributed by atoms with Crippen LogP contribution in [-0.2, 0) is 19.5 Å². The number of amides is 2. The van der Waals surface area contributed by atoms with Gasteiger partial charge >= 0.3 is 6.03 Å². The molecule has 1 atom stereocenters. The number of aliphatic hydroxyl groups excluding tert-OH is 1. The maximum Gasteiger partial charge on any atom is 0.321 e. The molecule has 0 saturated carbocycles. The van der Waals surface area contributed by atoms with Crippen LogP contribution >= 0.6 is 0 Å². The van der Waals surface area contributed by atoms with Crippen molar-refractivity contribution in [2.45, 2.75) is 50.8 Å². The summed E-state index contributed by atoms with van der Waals surface area (Å²) in [6.07, 6.45) is -0.711. The summed E-state index contributed by atoms with van der Waals surface area (Å²) in [5.41, 5.74) is 0.453. The van der Waals surface area contributed by atoms with Crippen molar-refractivity contribution in [3.63, 3.8) is 0 Å². The normalized spacial score (nSPS) is 13.1. The van der Waals surface area contributed by atoms with Crippen LogP contribution in [0.25, 0.3) is 0 Å². The van der Waals surface area contributed by atoms with Crippen LogP contribution in [0.2, 0.25) is 0 Å². The van der Waals surface area contributed by atoms with Crippen LogP contribution < -0.4 is 5.32 Å². The van der Waals surface area contributed by atoms with Crippen molar-refractivity contribution in [3.8, 4) is 0 Å². The molecule has 0 bridgehead atoms. The molecular formula is C20H35N3O6S. The maximum atomic E-state index is 12.5. The average molecular weight is 446 g/mol. The second kappa shape index (κ2) is 12.2. The van der Waals surface area contributed by atoms with Crippen LogP contribution in [0, 0.1) is 0 Å². The van der Waals surface area contributed by atoms with E-state index in [4.69, 9.17) is 9.47 Å². The van der Waals surface area contributed by atoms with Crippen molar-refractivity contribution in [1.29, 1.82) is 0 Å². The highest BCUT2D eigenvalue weighted by Crippen LogP contribution is 2.19. The third-order valence-electron chi connectivity index (χ3n) is 4.33. The highest BCUT2D eigenvalue weighted by atomic mass is 32.2. The lowest BCUT2D eigenvalue weighted by atomic mass is 10.3. The number of carbonyl (C=O) groups excluding carboxylic acids is 1. The summed E-state index contributed by atoms with van der Waals surface area (Å²) < 4.78 is 36.9. The molecule has 0 radical (unpaired) electrons. The first-order chi connectivity index (χ1) is 13.9. The molecule has 0 spiro atoms. The quantitative estimate of drug-likeness (QED) is 0.476. The SMILES string of the molecule is CC(C)OCCOCC(O)CN(C)C(=O)Nc1ccc(S(=O)(=O)N(C)C(C)C)cc1. The van der Waals surface area contributed by atoms with Crippen LogP contribution in [0.1, 0.15) is 27.7 Å². The number of carbonyl (C=O) groups is 1. The fourth-order valence-corrected chi connectivity index (χ4v) is 3.75. The zero-order valence-electron chi connectivity index (χ0n) is 18.7. The van der Waals surface area contributed by atoms with Crippen molar-refractivity contribution in [2.24, 2.45) is 0 Å². The first-order valence-corrected chi connectivity index (χ1v) is 11.4. The van der Waals surface area contributed by atoms with Crippen LogP contribution in [-0.4, -0.2) is 87.5 Å². The standard InChI is InChI=1S/C20H35N3O6S/c1-15(2)23(6)30(26,27)19-9-7-17(8-10-19)21-20(25)22(5)13-18(24)14-28-11-12-29-16(3)4/h7-10,15-16,18,24H,11-14H2,1-6H3,(H,21,25). The third-order valence-corrected chi connectivity index (χ3v) is 6.38. The summed E-state index contributed by atoms with van der Waals surface area (Å²) >= 11 is 0. The number of aliphatic hydroxyl groups is 1. The van der Waals surface area contributed by atoms with Crippen LogP contribution in [0.15, 0.2) is 29.2 Å². The second-order valence-electron chi connectivity index (χ2n) is 7.60. The number of hydrogen-bond donors (Lipinski definition) is 2. The van der Waals surface area contributed by atoms with E-state index in [0.717, 1.165) is 0 Å². The molecule has 10 heteroatoms. The van der Waals surface area contributed by atoms with E-state index in [2.05, 4.69) is 5.32 Å². The van der Waals surface area contributed by atoms with Gasteiger partial charge in [0, 0.05) is 25.8 Å². The van der Waals surface area contributed by atoms with E-state index in [9.17, 15) is 18.3 Å². The highest BCUT2D eigenvalue weighted by Gasteiger charge is 2.23. The summed E-state index contributed by atoms with van der Waals surface area (Å²) in [7, 11) is -0.502. The van der Waals surface area contributed by atoms with Crippen molar-refractivity contribution >= 4 is 21.7 Å². The van der Waals surface area contributed by atoms with Gasteiger partial charge in [-0.3, -0.25) is 0 Å². The smallest absolute Gasteiger partial charge is 0.321 e. The fourth-order valence-electron chi connectivity index (χ4n) is 2.39. The number of benzene rings is 1. The lowest BCUT2D eigenvalue weighted by molar-refractivity contribution is -0.0144. The van der Waals surface area contributed by atoms with Gasteiger partial charge < -0.3 is 24.8 Å². The molecule has 1 aromatic rings.